The van der Waals surface area contributed by atoms with Gasteiger partial charge < -0.3 is 11.1 Å². The van der Waals surface area contributed by atoms with E-state index in [1.54, 1.807) is 0 Å². The Bertz CT molecular complexity index is 314. The number of carbonyl (C=O) groups is 1. The van der Waals surface area contributed by atoms with Crippen molar-refractivity contribution in [1.82, 2.24) is 9.62 Å². The maximum absolute atomic E-state index is 11.1. The Balaban J connectivity index is 2.38. The lowest BCUT2D eigenvalue weighted by atomic mass is 10.1. The first-order chi connectivity index (χ1) is 6.45. The van der Waals surface area contributed by atoms with Gasteiger partial charge >= 0.3 is 0 Å². The summed E-state index contributed by atoms with van der Waals surface area (Å²) in [5.74, 6) is -0.259. The van der Waals surface area contributed by atoms with E-state index in [-0.39, 0.29) is 18.5 Å². The molecule has 1 aliphatic heterocycles. The van der Waals surface area contributed by atoms with E-state index in [0.717, 1.165) is 6.42 Å². The Morgan fingerprint density at radius 1 is 1.64 bits per heavy atom. The van der Waals surface area contributed by atoms with Crippen LogP contribution < -0.4 is 11.1 Å². The van der Waals surface area contributed by atoms with E-state index in [9.17, 15) is 13.2 Å². The van der Waals surface area contributed by atoms with E-state index >= 15 is 0 Å². The Kier molecular flexibility index (Phi) is 3.46. The zero-order chi connectivity index (χ0) is 10.8. The van der Waals surface area contributed by atoms with Gasteiger partial charge in [-0.1, -0.05) is 0 Å². The number of nitrogens with two attached hydrogens (primary N) is 1. The molecule has 1 amide bonds. The molecule has 82 valence electrons. The van der Waals surface area contributed by atoms with Crippen LogP contribution >= 0.6 is 0 Å². The maximum atomic E-state index is 11.1. The molecular formula is C7H15N3O3S. The molecular weight excluding hydrogens is 206 g/mol. The van der Waals surface area contributed by atoms with Crippen LogP contribution in [0.5, 0.6) is 0 Å². The van der Waals surface area contributed by atoms with Crippen LogP contribution in [-0.4, -0.2) is 50.6 Å². The van der Waals surface area contributed by atoms with Gasteiger partial charge in [0, 0.05) is 19.1 Å². The van der Waals surface area contributed by atoms with Gasteiger partial charge in [0.25, 0.3) is 0 Å². The quantitative estimate of drug-likeness (QED) is 0.579. The molecule has 0 aromatic rings. The number of hydrogen-bond acceptors (Lipinski definition) is 4. The highest BCUT2D eigenvalue weighted by atomic mass is 32.2. The SMILES string of the molecule is CS(=O)(=O)N1CCC1CNC(=O)CN. The first-order valence-electron chi connectivity index (χ1n) is 4.38. The van der Waals surface area contributed by atoms with Gasteiger partial charge in [0.15, 0.2) is 0 Å². The number of hydrogen-bond donors (Lipinski definition) is 2. The van der Waals surface area contributed by atoms with Crippen molar-refractivity contribution >= 4 is 15.9 Å². The number of sulfonamides is 1. The zero-order valence-corrected chi connectivity index (χ0v) is 8.88. The van der Waals surface area contributed by atoms with Crippen LogP contribution in [0.4, 0.5) is 0 Å². The number of nitrogens with zero attached hydrogens (tertiary/aromatic N) is 1. The van der Waals surface area contributed by atoms with Crippen molar-refractivity contribution in [3.63, 3.8) is 0 Å². The fourth-order valence-corrected chi connectivity index (χ4v) is 2.52. The van der Waals surface area contributed by atoms with Crippen LogP contribution in [0.2, 0.25) is 0 Å². The van der Waals surface area contributed by atoms with Crippen molar-refractivity contribution < 1.29 is 13.2 Å². The molecule has 1 saturated heterocycles. The molecule has 3 N–H and O–H groups in total. The molecule has 0 aliphatic carbocycles. The second-order valence-electron chi connectivity index (χ2n) is 3.32. The van der Waals surface area contributed by atoms with E-state index in [4.69, 9.17) is 5.73 Å². The zero-order valence-electron chi connectivity index (χ0n) is 8.06. The lowest BCUT2D eigenvalue weighted by Crippen LogP contribution is -2.55. The first-order valence-corrected chi connectivity index (χ1v) is 6.23. The summed E-state index contributed by atoms with van der Waals surface area (Å²) in [5.41, 5.74) is 5.09. The molecule has 1 atom stereocenters. The summed E-state index contributed by atoms with van der Waals surface area (Å²) in [6.45, 7) is 0.830. The van der Waals surface area contributed by atoms with Crippen LogP contribution in [0, 0.1) is 0 Å². The largest absolute Gasteiger partial charge is 0.353 e. The lowest BCUT2D eigenvalue weighted by molar-refractivity contribution is -0.120. The summed E-state index contributed by atoms with van der Waals surface area (Å²) in [7, 11) is -3.12. The van der Waals surface area contributed by atoms with E-state index in [2.05, 4.69) is 5.32 Å². The Hall–Kier alpha value is -0.660. The highest BCUT2D eigenvalue weighted by Gasteiger charge is 2.34. The molecule has 0 aromatic heterocycles. The predicted octanol–water partition coefficient (Wildman–Crippen LogP) is -1.90. The lowest BCUT2D eigenvalue weighted by Gasteiger charge is -2.38. The van der Waals surface area contributed by atoms with Gasteiger partial charge in [-0.2, -0.15) is 4.31 Å². The number of carbonyl (C=O) groups excluding carboxylic acids is 1. The van der Waals surface area contributed by atoms with Crippen molar-refractivity contribution in [2.75, 3.05) is 25.9 Å². The number of amides is 1. The van der Waals surface area contributed by atoms with Crippen LogP contribution in [0.25, 0.3) is 0 Å². The topological polar surface area (TPSA) is 92.5 Å². The number of rotatable bonds is 4. The van der Waals surface area contributed by atoms with Crippen molar-refractivity contribution in [3.8, 4) is 0 Å². The van der Waals surface area contributed by atoms with Crippen LogP contribution in [0.1, 0.15) is 6.42 Å². The molecule has 0 saturated carbocycles. The highest BCUT2D eigenvalue weighted by Crippen LogP contribution is 2.19. The third kappa shape index (κ3) is 2.66. The molecule has 0 radical (unpaired) electrons. The third-order valence-corrected chi connectivity index (χ3v) is 3.57. The fraction of sp³-hybridized carbons (Fsp3) is 0.857. The minimum atomic E-state index is -3.12. The van der Waals surface area contributed by atoms with Crippen molar-refractivity contribution in [2.24, 2.45) is 5.73 Å². The van der Waals surface area contributed by atoms with Crippen molar-refractivity contribution in [1.29, 1.82) is 0 Å². The second-order valence-corrected chi connectivity index (χ2v) is 5.26. The molecule has 7 heteroatoms. The number of nitrogens with one attached hydrogen (secondary N) is 1. The summed E-state index contributed by atoms with van der Waals surface area (Å²) >= 11 is 0. The molecule has 0 spiro atoms. The van der Waals surface area contributed by atoms with Gasteiger partial charge in [-0.15, -0.1) is 0 Å². The maximum Gasteiger partial charge on any atom is 0.233 e. The highest BCUT2D eigenvalue weighted by molar-refractivity contribution is 7.88. The van der Waals surface area contributed by atoms with Gasteiger partial charge in [-0.05, 0) is 6.42 Å². The van der Waals surface area contributed by atoms with Crippen molar-refractivity contribution in [3.05, 3.63) is 0 Å². The Labute approximate surface area is 83.5 Å². The molecule has 14 heavy (non-hydrogen) atoms. The summed E-state index contributed by atoms with van der Waals surface area (Å²) in [6.07, 6.45) is 1.96. The predicted molar refractivity (Wildman–Crippen MR) is 52.0 cm³/mol. The normalized spacial score (nSPS) is 22.9. The average molecular weight is 221 g/mol. The van der Waals surface area contributed by atoms with E-state index in [0.29, 0.717) is 13.1 Å². The molecule has 0 bridgehead atoms. The van der Waals surface area contributed by atoms with E-state index < -0.39 is 10.0 Å². The smallest absolute Gasteiger partial charge is 0.233 e. The molecule has 1 fully saturated rings. The molecule has 1 heterocycles. The summed E-state index contributed by atoms with van der Waals surface area (Å²) in [6, 6.07) is -0.0968. The molecule has 1 aliphatic rings. The first kappa shape index (κ1) is 11.4. The van der Waals surface area contributed by atoms with Gasteiger partial charge in [0.1, 0.15) is 0 Å². The fourth-order valence-electron chi connectivity index (χ4n) is 1.36. The third-order valence-electron chi connectivity index (χ3n) is 2.24. The summed E-state index contributed by atoms with van der Waals surface area (Å²) in [5, 5.41) is 2.57. The van der Waals surface area contributed by atoms with Crippen molar-refractivity contribution in [2.45, 2.75) is 12.5 Å². The Morgan fingerprint density at radius 2 is 2.29 bits per heavy atom. The minimum Gasteiger partial charge on any atom is -0.353 e. The van der Waals surface area contributed by atoms with Crippen LogP contribution in [-0.2, 0) is 14.8 Å². The van der Waals surface area contributed by atoms with Gasteiger partial charge in [-0.3, -0.25) is 4.79 Å². The molecule has 1 rings (SSSR count). The average Bonchev–Trinajstić information content (AvgIpc) is 1.99. The second kappa shape index (κ2) is 4.24. The Morgan fingerprint density at radius 3 is 2.64 bits per heavy atom. The summed E-state index contributed by atoms with van der Waals surface area (Å²) < 4.78 is 23.6. The van der Waals surface area contributed by atoms with Crippen LogP contribution in [0.15, 0.2) is 0 Å². The molecule has 0 aromatic carbocycles. The standard InChI is InChI=1S/C7H15N3O3S/c1-14(12,13)10-3-2-6(10)5-9-7(11)4-8/h6H,2-5,8H2,1H3,(H,9,11). The monoisotopic (exact) mass is 221 g/mol. The van der Waals surface area contributed by atoms with E-state index in [1.165, 1.54) is 10.6 Å². The summed E-state index contributed by atoms with van der Waals surface area (Å²) in [4.78, 5) is 10.8. The van der Waals surface area contributed by atoms with Gasteiger partial charge in [-0.25, -0.2) is 8.42 Å². The van der Waals surface area contributed by atoms with Gasteiger partial charge in [0.05, 0.1) is 12.8 Å². The van der Waals surface area contributed by atoms with E-state index in [1.807, 2.05) is 0 Å². The van der Waals surface area contributed by atoms with Crippen LogP contribution in [0.3, 0.4) is 0 Å². The molecule has 1 unspecified atom stereocenters. The minimum absolute atomic E-state index is 0.0639. The molecule has 6 nitrogen and oxygen atoms in total. The van der Waals surface area contributed by atoms with Gasteiger partial charge in [0.2, 0.25) is 15.9 Å².